The molecule has 1 N–H and O–H groups in total. The first-order valence-corrected chi connectivity index (χ1v) is 9.84. The van der Waals surface area contributed by atoms with Gasteiger partial charge in [0.25, 0.3) is 5.91 Å². The van der Waals surface area contributed by atoms with Crippen molar-refractivity contribution < 1.29 is 9.90 Å². The molecule has 0 saturated heterocycles. The number of carbonyl (C=O) groups excluding carboxylic acids is 1. The zero-order chi connectivity index (χ0) is 18.3. The van der Waals surface area contributed by atoms with Gasteiger partial charge in [0, 0.05) is 21.7 Å². The van der Waals surface area contributed by atoms with Crippen molar-refractivity contribution in [3.05, 3.63) is 69.2 Å². The van der Waals surface area contributed by atoms with Crippen molar-refractivity contribution in [3.8, 4) is 0 Å². The molecule has 0 spiro atoms. The maximum Gasteiger partial charge on any atom is 0.254 e. The molecule has 2 aromatic rings. The minimum Gasteiger partial charge on any atom is -0.393 e. The first-order chi connectivity index (χ1) is 12.5. The first kappa shape index (κ1) is 17.8. The van der Waals surface area contributed by atoms with E-state index in [1.165, 1.54) is 0 Å². The maximum absolute atomic E-state index is 13.4. The van der Waals surface area contributed by atoms with E-state index in [1.807, 2.05) is 41.3 Å². The van der Waals surface area contributed by atoms with Crippen molar-refractivity contribution in [2.45, 2.75) is 50.3 Å². The quantitative estimate of drug-likeness (QED) is 0.781. The Labute approximate surface area is 163 Å². The van der Waals surface area contributed by atoms with Crippen molar-refractivity contribution in [3.63, 3.8) is 0 Å². The third-order valence-electron chi connectivity index (χ3n) is 5.61. The lowest BCUT2D eigenvalue weighted by atomic mass is 9.84. The second-order valence-electron chi connectivity index (χ2n) is 7.22. The molecule has 2 aliphatic rings. The Bertz CT molecular complexity index is 831. The molecule has 1 aliphatic carbocycles. The summed E-state index contributed by atoms with van der Waals surface area (Å²) >= 11 is 12.6. The molecule has 0 aromatic heterocycles. The number of hydrogen-bond acceptors (Lipinski definition) is 2. The van der Waals surface area contributed by atoms with E-state index in [-0.39, 0.29) is 24.1 Å². The molecule has 5 heteroatoms. The van der Waals surface area contributed by atoms with Gasteiger partial charge in [-0.2, -0.15) is 0 Å². The van der Waals surface area contributed by atoms with E-state index < -0.39 is 0 Å². The number of halogens is 2. The van der Waals surface area contributed by atoms with Gasteiger partial charge < -0.3 is 10.0 Å². The minimum atomic E-state index is -0.254. The van der Waals surface area contributed by atoms with Crippen LogP contribution in [0.25, 0.3) is 0 Å². The molecule has 1 fully saturated rings. The summed E-state index contributed by atoms with van der Waals surface area (Å²) in [6.07, 6.45) is 3.58. The summed E-state index contributed by atoms with van der Waals surface area (Å²) in [7, 11) is 0. The van der Waals surface area contributed by atoms with Crippen molar-refractivity contribution in [1.29, 1.82) is 0 Å². The fourth-order valence-electron chi connectivity index (χ4n) is 4.28. The molecule has 1 amide bonds. The Kier molecular flexibility index (Phi) is 4.96. The number of nitrogens with zero attached hydrogens (tertiary/aromatic N) is 1. The molecule has 26 heavy (non-hydrogen) atoms. The second kappa shape index (κ2) is 7.22. The number of hydrogen-bond donors (Lipinski definition) is 1. The zero-order valence-corrected chi connectivity index (χ0v) is 15.9. The SMILES string of the molecule is O=C1c2ccccc2CC(c2ccc(Cl)cc2Cl)N1C1CCC(O)CC1. The predicted octanol–water partition coefficient (Wildman–Crippen LogP) is 5.04. The molecule has 4 rings (SSSR count). The van der Waals surface area contributed by atoms with Crippen LogP contribution >= 0.6 is 23.2 Å². The summed E-state index contributed by atoms with van der Waals surface area (Å²) in [6.45, 7) is 0. The van der Waals surface area contributed by atoms with Gasteiger partial charge in [-0.15, -0.1) is 0 Å². The largest absolute Gasteiger partial charge is 0.393 e. The van der Waals surface area contributed by atoms with Gasteiger partial charge in [0.05, 0.1) is 12.1 Å². The van der Waals surface area contributed by atoms with Gasteiger partial charge in [-0.05, 0) is 61.4 Å². The predicted molar refractivity (Wildman–Crippen MR) is 104 cm³/mol. The van der Waals surface area contributed by atoms with Crippen LogP contribution in [-0.2, 0) is 6.42 Å². The highest BCUT2D eigenvalue weighted by Crippen LogP contribution is 2.40. The molecule has 1 unspecified atom stereocenters. The van der Waals surface area contributed by atoms with Gasteiger partial charge in [-0.25, -0.2) is 0 Å². The van der Waals surface area contributed by atoms with Crippen molar-refractivity contribution in [2.24, 2.45) is 0 Å². The van der Waals surface area contributed by atoms with Gasteiger partial charge in [0.2, 0.25) is 0 Å². The number of amides is 1. The van der Waals surface area contributed by atoms with Crippen LogP contribution in [0.4, 0.5) is 0 Å². The van der Waals surface area contributed by atoms with Crippen LogP contribution in [0, 0.1) is 0 Å². The van der Waals surface area contributed by atoms with Gasteiger partial charge in [0.15, 0.2) is 0 Å². The number of aliphatic hydroxyl groups excluding tert-OH is 1. The maximum atomic E-state index is 13.4. The fraction of sp³-hybridized carbons (Fsp3) is 0.381. The monoisotopic (exact) mass is 389 g/mol. The van der Waals surface area contributed by atoms with Crippen LogP contribution in [0.15, 0.2) is 42.5 Å². The van der Waals surface area contributed by atoms with Crippen LogP contribution in [0.5, 0.6) is 0 Å². The molecule has 0 bridgehead atoms. The lowest BCUT2D eigenvalue weighted by Gasteiger charge is -2.44. The lowest BCUT2D eigenvalue weighted by Crippen LogP contribution is -2.48. The van der Waals surface area contributed by atoms with Crippen LogP contribution in [-0.4, -0.2) is 28.1 Å². The molecular weight excluding hydrogens is 369 g/mol. The molecular formula is C21H21Cl2NO2. The Morgan fingerprint density at radius 2 is 1.73 bits per heavy atom. The third kappa shape index (κ3) is 3.24. The molecule has 1 atom stereocenters. The summed E-state index contributed by atoms with van der Waals surface area (Å²) in [4.78, 5) is 15.4. The molecule has 1 heterocycles. The molecule has 0 radical (unpaired) electrons. The Balaban J connectivity index is 1.77. The van der Waals surface area contributed by atoms with Crippen LogP contribution in [0.1, 0.15) is 53.2 Å². The number of aliphatic hydroxyl groups is 1. The summed E-state index contributed by atoms with van der Waals surface area (Å²) in [6, 6.07) is 13.3. The van der Waals surface area contributed by atoms with Crippen molar-refractivity contribution >= 4 is 29.1 Å². The fourth-order valence-corrected chi connectivity index (χ4v) is 4.82. The Hall–Kier alpha value is -1.55. The lowest BCUT2D eigenvalue weighted by molar-refractivity contribution is 0.0330. The van der Waals surface area contributed by atoms with Crippen LogP contribution in [0.3, 0.4) is 0 Å². The zero-order valence-electron chi connectivity index (χ0n) is 14.4. The minimum absolute atomic E-state index is 0.0595. The van der Waals surface area contributed by atoms with E-state index in [0.717, 1.165) is 48.8 Å². The molecule has 1 saturated carbocycles. The second-order valence-corrected chi connectivity index (χ2v) is 8.06. The van der Waals surface area contributed by atoms with Gasteiger partial charge >= 0.3 is 0 Å². The van der Waals surface area contributed by atoms with Gasteiger partial charge in [0.1, 0.15) is 0 Å². The third-order valence-corrected chi connectivity index (χ3v) is 6.17. The highest BCUT2D eigenvalue weighted by atomic mass is 35.5. The van der Waals surface area contributed by atoms with E-state index in [2.05, 4.69) is 0 Å². The summed E-state index contributed by atoms with van der Waals surface area (Å²) in [5.74, 6) is 0.0595. The molecule has 3 nitrogen and oxygen atoms in total. The van der Waals surface area contributed by atoms with Crippen LogP contribution < -0.4 is 0 Å². The Morgan fingerprint density at radius 1 is 1.00 bits per heavy atom. The smallest absolute Gasteiger partial charge is 0.254 e. The van der Waals surface area contributed by atoms with Crippen molar-refractivity contribution in [1.82, 2.24) is 4.90 Å². The molecule has 1 aliphatic heterocycles. The summed E-state index contributed by atoms with van der Waals surface area (Å²) in [5.41, 5.74) is 2.77. The highest BCUT2D eigenvalue weighted by molar-refractivity contribution is 6.35. The van der Waals surface area contributed by atoms with E-state index in [9.17, 15) is 9.90 Å². The van der Waals surface area contributed by atoms with E-state index in [4.69, 9.17) is 23.2 Å². The number of fused-ring (bicyclic) bond motifs is 1. The summed E-state index contributed by atoms with van der Waals surface area (Å²) < 4.78 is 0. The Morgan fingerprint density at radius 3 is 2.46 bits per heavy atom. The molecule has 136 valence electrons. The van der Waals surface area contributed by atoms with E-state index in [1.54, 1.807) is 6.07 Å². The number of carbonyl (C=O) groups is 1. The average Bonchev–Trinajstić information content (AvgIpc) is 2.63. The van der Waals surface area contributed by atoms with Gasteiger partial charge in [-0.3, -0.25) is 4.79 Å². The number of benzene rings is 2. The topological polar surface area (TPSA) is 40.5 Å². The van der Waals surface area contributed by atoms with Gasteiger partial charge in [-0.1, -0.05) is 47.5 Å². The molecule has 2 aromatic carbocycles. The highest BCUT2D eigenvalue weighted by Gasteiger charge is 2.39. The normalized spacial score (nSPS) is 25.9. The number of rotatable bonds is 2. The van der Waals surface area contributed by atoms with Crippen molar-refractivity contribution in [2.75, 3.05) is 0 Å². The first-order valence-electron chi connectivity index (χ1n) is 9.08. The van der Waals surface area contributed by atoms with E-state index in [0.29, 0.717) is 10.0 Å². The standard InChI is InChI=1S/C21H21Cl2NO2/c22-14-5-10-18(19(23)12-14)20-11-13-3-1-2-4-17(13)21(26)24(20)15-6-8-16(25)9-7-15/h1-5,10,12,15-16,20,25H,6-9,11H2. The van der Waals surface area contributed by atoms with Crippen LogP contribution in [0.2, 0.25) is 10.0 Å². The summed E-state index contributed by atoms with van der Waals surface area (Å²) in [5, 5.41) is 11.1. The average molecular weight is 390 g/mol. The van der Waals surface area contributed by atoms with E-state index >= 15 is 0 Å².